The number of rotatable bonds is 1. The van der Waals surface area contributed by atoms with E-state index in [9.17, 15) is 5.11 Å². The Balaban J connectivity index is 2.11. The molecule has 2 N–H and O–H groups in total. The average molecular weight is 269 g/mol. The van der Waals surface area contributed by atoms with Crippen molar-refractivity contribution >= 4 is 23.3 Å². The molecule has 0 aromatic heterocycles. The maximum atomic E-state index is 9.98. The van der Waals surface area contributed by atoms with Gasteiger partial charge in [-0.15, -0.1) is 0 Å². The van der Waals surface area contributed by atoms with Crippen molar-refractivity contribution in [2.24, 2.45) is 0 Å². The summed E-state index contributed by atoms with van der Waals surface area (Å²) in [4.78, 5) is 0. The summed E-state index contributed by atoms with van der Waals surface area (Å²) in [5.74, 6) is 0.306. The zero-order chi connectivity index (χ0) is 14.5. The van der Waals surface area contributed by atoms with Crippen molar-refractivity contribution in [1.29, 1.82) is 0 Å². The van der Waals surface area contributed by atoms with Crippen molar-refractivity contribution in [2.45, 2.75) is 38.8 Å². The van der Waals surface area contributed by atoms with Gasteiger partial charge in [-0.2, -0.15) is 0 Å². The van der Waals surface area contributed by atoms with Crippen molar-refractivity contribution in [3.8, 4) is 5.75 Å². The molecule has 1 fully saturated rings. The number of nitrogens with one attached hydrogen (secondary N) is 1. The van der Waals surface area contributed by atoms with E-state index >= 15 is 0 Å². The Labute approximate surface area is 120 Å². The third kappa shape index (κ3) is 1.91. The van der Waals surface area contributed by atoms with Gasteiger partial charge in [0.25, 0.3) is 0 Å². The minimum Gasteiger partial charge on any atom is -0.507 e. The monoisotopic (exact) mass is 269 g/mol. The van der Waals surface area contributed by atoms with Crippen LogP contribution in [0.25, 0.3) is 10.8 Å². The van der Waals surface area contributed by atoms with E-state index in [1.54, 1.807) is 6.07 Å². The Hall–Kier alpha value is -1.52. The number of aromatic hydroxyl groups is 1. The largest absolute Gasteiger partial charge is 0.507 e. The van der Waals surface area contributed by atoms with Crippen LogP contribution in [0.1, 0.15) is 27.7 Å². The van der Waals surface area contributed by atoms with Gasteiger partial charge in [0.15, 0.2) is 0 Å². The molecule has 3 rings (SSSR count). The van der Waals surface area contributed by atoms with E-state index in [0.717, 1.165) is 16.2 Å². The maximum Gasteiger partial charge on any atom is 0.417 e. The number of hydrogen-bond donors (Lipinski definition) is 2. The van der Waals surface area contributed by atoms with Crippen LogP contribution in [0.15, 0.2) is 36.4 Å². The molecular weight excluding hydrogens is 249 g/mol. The molecule has 4 heteroatoms. The van der Waals surface area contributed by atoms with Crippen molar-refractivity contribution in [1.82, 2.24) is 5.23 Å². The third-order valence-corrected chi connectivity index (χ3v) is 4.63. The molecule has 104 valence electrons. The molecule has 1 heterocycles. The van der Waals surface area contributed by atoms with Gasteiger partial charge in [0.05, 0.1) is 5.60 Å². The van der Waals surface area contributed by atoms with Crippen molar-refractivity contribution in [2.75, 3.05) is 0 Å². The lowest BCUT2D eigenvalue weighted by Gasteiger charge is -2.33. The quantitative estimate of drug-likeness (QED) is 0.781. The fourth-order valence-electron chi connectivity index (χ4n) is 2.65. The molecule has 0 atom stereocenters. The van der Waals surface area contributed by atoms with Crippen LogP contribution in [0, 0.1) is 0 Å². The van der Waals surface area contributed by atoms with E-state index in [1.165, 1.54) is 0 Å². The number of phenols is 1. The second-order valence-electron chi connectivity index (χ2n) is 6.50. The summed E-state index contributed by atoms with van der Waals surface area (Å²) in [6, 6.07) is 11.5. The Morgan fingerprint density at radius 2 is 1.65 bits per heavy atom. The van der Waals surface area contributed by atoms with E-state index in [0.29, 0.717) is 5.75 Å². The highest BCUT2D eigenvalue weighted by Gasteiger charge is 2.50. The van der Waals surface area contributed by atoms with Gasteiger partial charge in [0, 0.05) is 10.9 Å². The molecule has 1 saturated heterocycles. The first-order valence-electron chi connectivity index (χ1n) is 6.98. The first kappa shape index (κ1) is 13.5. The third-order valence-electron chi connectivity index (χ3n) is 4.63. The zero-order valence-corrected chi connectivity index (χ0v) is 12.4. The van der Waals surface area contributed by atoms with E-state index in [4.69, 9.17) is 4.65 Å². The molecular formula is C16H20BNO2. The standard InChI is InChI=1S/C16H20BNO2/c1-15(2)16(3,4)20-17(18-15)13-9-10-14(19)12-8-6-5-7-11(12)13/h5-10,18-19H,1-4H3. The summed E-state index contributed by atoms with van der Waals surface area (Å²) in [5, 5.41) is 15.4. The molecule has 0 saturated carbocycles. The van der Waals surface area contributed by atoms with Crippen molar-refractivity contribution < 1.29 is 9.76 Å². The molecule has 3 nitrogen and oxygen atoms in total. The Bertz CT molecular complexity index is 651. The molecule has 0 radical (unpaired) electrons. The average Bonchev–Trinajstić information content (AvgIpc) is 2.59. The molecule has 0 aliphatic carbocycles. The zero-order valence-electron chi connectivity index (χ0n) is 12.4. The Morgan fingerprint density at radius 1 is 1.00 bits per heavy atom. The maximum absolute atomic E-state index is 9.98. The molecule has 2 aromatic rings. The Kier molecular flexibility index (Phi) is 2.85. The topological polar surface area (TPSA) is 41.5 Å². The summed E-state index contributed by atoms with van der Waals surface area (Å²) in [6.07, 6.45) is 0. The van der Waals surface area contributed by atoms with E-state index < -0.39 is 0 Å². The van der Waals surface area contributed by atoms with Crippen molar-refractivity contribution in [3.05, 3.63) is 36.4 Å². The van der Waals surface area contributed by atoms with Gasteiger partial charge in [-0.1, -0.05) is 30.3 Å². The van der Waals surface area contributed by atoms with Gasteiger partial charge in [0.1, 0.15) is 5.75 Å². The highest BCUT2D eigenvalue weighted by molar-refractivity contribution is 6.68. The normalized spacial score (nSPS) is 20.5. The lowest BCUT2D eigenvalue weighted by atomic mass is 9.71. The molecule has 0 spiro atoms. The summed E-state index contributed by atoms with van der Waals surface area (Å²) in [5.41, 5.74) is 0.699. The number of benzene rings is 2. The molecule has 0 unspecified atom stereocenters. The van der Waals surface area contributed by atoms with Gasteiger partial charge in [-0.05, 0) is 44.6 Å². The minimum atomic E-state index is -0.253. The molecule has 20 heavy (non-hydrogen) atoms. The molecule has 2 aromatic carbocycles. The summed E-state index contributed by atoms with van der Waals surface area (Å²) in [7, 11) is -0.162. The van der Waals surface area contributed by atoms with E-state index in [-0.39, 0.29) is 18.2 Å². The molecule has 0 bridgehead atoms. The predicted octanol–water partition coefficient (Wildman–Crippen LogP) is 2.42. The molecule has 0 amide bonds. The molecule has 1 aliphatic heterocycles. The Morgan fingerprint density at radius 3 is 2.25 bits per heavy atom. The lowest BCUT2D eigenvalue weighted by molar-refractivity contribution is 0.0750. The summed E-state index contributed by atoms with van der Waals surface area (Å²) in [6.45, 7) is 8.50. The highest BCUT2D eigenvalue weighted by atomic mass is 16.5. The van der Waals surface area contributed by atoms with E-state index in [1.807, 2.05) is 30.3 Å². The van der Waals surface area contributed by atoms with Crippen LogP contribution in [0.5, 0.6) is 5.75 Å². The van der Waals surface area contributed by atoms with Crippen LogP contribution < -0.4 is 10.7 Å². The van der Waals surface area contributed by atoms with Crippen molar-refractivity contribution in [3.63, 3.8) is 0 Å². The van der Waals surface area contributed by atoms with Crippen LogP contribution >= 0.6 is 0 Å². The van der Waals surface area contributed by atoms with Gasteiger partial charge in [0.2, 0.25) is 0 Å². The van der Waals surface area contributed by atoms with Crippen LogP contribution in [0.4, 0.5) is 0 Å². The number of hydrogen-bond acceptors (Lipinski definition) is 3. The first-order chi connectivity index (χ1) is 9.32. The van der Waals surface area contributed by atoms with Crippen LogP contribution in [-0.4, -0.2) is 23.3 Å². The van der Waals surface area contributed by atoms with Gasteiger partial charge in [-0.3, -0.25) is 0 Å². The number of phenolic OH excluding ortho intramolecular Hbond substituents is 1. The SMILES string of the molecule is CC1(C)NB(c2ccc(O)c3ccccc23)OC1(C)C. The lowest BCUT2D eigenvalue weighted by Crippen LogP contribution is -2.51. The smallest absolute Gasteiger partial charge is 0.417 e. The highest BCUT2D eigenvalue weighted by Crippen LogP contribution is 2.32. The number of fused-ring (bicyclic) bond motifs is 1. The van der Waals surface area contributed by atoms with Crippen LogP contribution in [0.3, 0.4) is 0 Å². The summed E-state index contributed by atoms with van der Waals surface area (Å²) < 4.78 is 6.21. The van der Waals surface area contributed by atoms with Gasteiger partial charge in [-0.25, -0.2) is 0 Å². The van der Waals surface area contributed by atoms with Gasteiger partial charge >= 0.3 is 7.05 Å². The second kappa shape index (κ2) is 4.24. The fraction of sp³-hybridized carbons (Fsp3) is 0.375. The first-order valence-corrected chi connectivity index (χ1v) is 6.98. The minimum absolute atomic E-state index is 0.114. The van der Waals surface area contributed by atoms with Crippen LogP contribution in [0.2, 0.25) is 0 Å². The summed E-state index contributed by atoms with van der Waals surface area (Å²) >= 11 is 0. The van der Waals surface area contributed by atoms with Gasteiger partial charge < -0.3 is 15.0 Å². The predicted molar refractivity (Wildman–Crippen MR) is 83.4 cm³/mol. The van der Waals surface area contributed by atoms with Crippen LogP contribution in [-0.2, 0) is 4.65 Å². The fourth-order valence-corrected chi connectivity index (χ4v) is 2.65. The molecule has 1 aliphatic rings. The second-order valence-corrected chi connectivity index (χ2v) is 6.50. The van der Waals surface area contributed by atoms with E-state index in [2.05, 4.69) is 32.9 Å².